The number of benzene rings is 3. The van der Waals surface area contributed by atoms with Gasteiger partial charge in [0.1, 0.15) is 17.6 Å². The number of phenolic OH excluding ortho intramolecular Hbond substituents is 1. The third-order valence-electron chi connectivity index (χ3n) is 4.91. The molecule has 3 N–H and O–H groups in total. The fraction of sp³-hybridized carbons (Fsp3) is 0.261. The van der Waals surface area contributed by atoms with Gasteiger partial charge in [0.25, 0.3) is 0 Å². The molecule has 29 heavy (non-hydrogen) atoms. The Morgan fingerprint density at radius 2 is 1.72 bits per heavy atom. The molecule has 0 aliphatic heterocycles. The first kappa shape index (κ1) is 20.5. The summed E-state index contributed by atoms with van der Waals surface area (Å²) in [5.74, 6) is 0.726. The maximum atomic E-state index is 12.6. The van der Waals surface area contributed by atoms with Gasteiger partial charge in [-0.05, 0) is 48.1 Å². The van der Waals surface area contributed by atoms with E-state index in [0.717, 1.165) is 10.9 Å². The zero-order valence-electron chi connectivity index (χ0n) is 16.5. The highest BCUT2D eigenvalue weighted by atomic mass is 16.6. The van der Waals surface area contributed by atoms with Gasteiger partial charge in [0.2, 0.25) is 0 Å². The maximum absolute atomic E-state index is 12.6. The molecule has 2 atom stereocenters. The van der Waals surface area contributed by atoms with Gasteiger partial charge < -0.3 is 19.7 Å². The molecule has 6 heteroatoms. The first-order valence-electron chi connectivity index (χ1n) is 9.46. The van der Waals surface area contributed by atoms with Crippen molar-refractivity contribution >= 4 is 22.6 Å². The van der Waals surface area contributed by atoms with E-state index < -0.39 is 12.2 Å². The van der Waals surface area contributed by atoms with Crippen LogP contribution in [0.25, 0.3) is 10.8 Å². The van der Waals surface area contributed by atoms with Crippen molar-refractivity contribution in [3.05, 3.63) is 66.2 Å². The van der Waals surface area contributed by atoms with Crippen LogP contribution >= 0.6 is 0 Å². The Bertz CT molecular complexity index is 971. The fourth-order valence-corrected chi connectivity index (χ4v) is 3.33. The van der Waals surface area contributed by atoms with Gasteiger partial charge in [-0.1, -0.05) is 37.3 Å². The molecular weight excluding hydrogens is 370 g/mol. The molecule has 0 bridgehead atoms. The summed E-state index contributed by atoms with van der Waals surface area (Å²) in [6.45, 7) is 1.90. The fourth-order valence-electron chi connectivity index (χ4n) is 3.33. The second kappa shape index (κ2) is 9.30. The number of nitrogens with one attached hydrogen (secondary N) is 1. The molecule has 3 rings (SSSR count). The van der Waals surface area contributed by atoms with Gasteiger partial charge in [0, 0.05) is 23.2 Å². The summed E-state index contributed by atoms with van der Waals surface area (Å²) in [7, 11) is 1.58. The van der Waals surface area contributed by atoms with Gasteiger partial charge >= 0.3 is 6.09 Å². The Kier molecular flexibility index (Phi) is 6.57. The Morgan fingerprint density at radius 3 is 2.38 bits per heavy atom. The standard InChI is InChI=1S/C23H25NO5/c1-15(13-14-25)22(20-11-12-21(26)19-6-4-3-5-18(19)20)29-23(27)24-16-7-9-17(28-2)10-8-16/h3-12,15,22,25-26H,13-14H2,1-2H3,(H,24,27)/t15-,22-/m1/s1. The Labute approximate surface area is 169 Å². The van der Waals surface area contributed by atoms with Gasteiger partial charge in [-0.25, -0.2) is 4.79 Å². The van der Waals surface area contributed by atoms with Crippen LogP contribution in [0.15, 0.2) is 60.7 Å². The lowest BCUT2D eigenvalue weighted by Crippen LogP contribution is -2.22. The van der Waals surface area contributed by atoms with Gasteiger partial charge in [0.05, 0.1) is 7.11 Å². The topological polar surface area (TPSA) is 88.0 Å². The van der Waals surface area contributed by atoms with E-state index in [1.54, 1.807) is 43.5 Å². The number of amides is 1. The number of hydrogen-bond donors (Lipinski definition) is 3. The van der Waals surface area contributed by atoms with Crippen molar-refractivity contribution in [2.45, 2.75) is 19.4 Å². The molecule has 0 fully saturated rings. The van der Waals surface area contributed by atoms with Crippen molar-refractivity contribution in [3.8, 4) is 11.5 Å². The minimum absolute atomic E-state index is 0.0167. The van der Waals surface area contributed by atoms with Crippen LogP contribution in [0.1, 0.15) is 25.0 Å². The molecule has 0 spiro atoms. The van der Waals surface area contributed by atoms with E-state index in [9.17, 15) is 15.0 Å². The van der Waals surface area contributed by atoms with E-state index in [1.807, 2.05) is 31.2 Å². The van der Waals surface area contributed by atoms with Crippen LogP contribution in [0.2, 0.25) is 0 Å². The molecule has 0 unspecified atom stereocenters. The molecule has 6 nitrogen and oxygen atoms in total. The number of methoxy groups -OCH3 is 1. The molecule has 0 aliphatic rings. The lowest BCUT2D eigenvalue weighted by Gasteiger charge is -2.25. The number of phenols is 1. The van der Waals surface area contributed by atoms with Crippen LogP contribution < -0.4 is 10.1 Å². The lowest BCUT2D eigenvalue weighted by molar-refractivity contribution is 0.0676. The third-order valence-corrected chi connectivity index (χ3v) is 4.91. The smallest absolute Gasteiger partial charge is 0.412 e. The molecule has 0 aliphatic carbocycles. The number of aliphatic hydroxyl groups is 1. The van der Waals surface area contributed by atoms with Crippen LogP contribution in [0.3, 0.4) is 0 Å². The molecular formula is C23H25NO5. The van der Waals surface area contributed by atoms with Crippen molar-refractivity contribution in [1.29, 1.82) is 0 Å². The summed E-state index contributed by atoms with van der Waals surface area (Å²) in [5, 5.41) is 23.8. The number of anilines is 1. The number of carbonyl (C=O) groups excluding carboxylic acids is 1. The second-order valence-corrected chi connectivity index (χ2v) is 6.89. The lowest BCUT2D eigenvalue weighted by atomic mass is 9.91. The number of carbonyl (C=O) groups is 1. The zero-order chi connectivity index (χ0) is 20.8. The molecule has 0 saturated heterocycles. The normalized spacial score (nSPS) is 12.9. The number of aromatic hydroxyl groups is 1. The monoisotopic (exact) mass is 395 g/mol. The third kappa shape index (κ3) is 4.78. The number of hydrogen-bond acceptors (Lipinski definition) is 5. The summed E-state index contributed by atoms with van der Waals surface area (Å²) >= 11 is 0. The molecule has 0 heterocycles. The summed E-state index contributed by atoms with van der Waals surface area (Å²) in [6.07, 6.45) is -0.719. The molecule has 0 aromatic heterocycles. The number of rotatable bonds is 7. The summed E-state index contributed by atoms with van der Waals surface area (Å²) in [4.78, 5) is 12.6. The molecule has 3 aromatic rings. The average Bonchev–Trinajstić information content (AvgIpc) is 2.73. The SMILES string of the molecule is COc1ccc(NC(=O)O[C@@H](c2ccc(O)c3ccccc23)[C@H](C)CCO)cc1. The molecule has 0 radical (unpaired) electrons. The first-order chi connectivity index (χ1) is 14.0. The Morgan fingerprint density at radius 1 is 1.03 bits per heavy atom. The average molecular weight is 395 g/mol. The highest BCUT2D eigenvalue weighted by molar-refractivity contribution is 5.91. The van der Waals surface area contributed by atoms with Crippen molar-refractivity contribution in [2.24, 2.45) is 5.92 Å². The minimum atomic E-state index is -0.595. The predicted molar refractivity (Wildman–Crippen MR) is 112 cm³/mol. The van der Waals surface area contributed by atoms with E-state index in [-0.39, 0.29) is 18.3 Å². The summed E-state index contributed by atoms with van der Waals surface area (Å²) < 4.78 is 10.9. The molecule has 3 aromatic carbocycles. The van der Waals surface area contributed by atoms with Crippen LogP contribution in [-0.2, 0) is 4.74 Å². The number of ether oxygens (including phenoxy) is 2. The van der Waals surface area contributed by atoms with Gasteiger partial charge in [-0.15, -0.1) is 0 Å². The van der Waals surface area contributed by atoms with Gasteiger partial charge in [-0.3, -0.25) is 5.32 Å². The van der Waals surface area contributed by atoms with Crippen LogP contribution in [0, 0.1) is 5.92 Å². The second-order valence-electron chi connectivity index (χ2n) is 6.89. The van der Waals surface area contributed by atoms with Crippen LogP contribution in [-0.4, -0.2) is 30.0 Å². The summed E-state index contributed by atoms with van der Waals surface area (Å²) in [5.41, 5.74) is 1.36. The first-order valence-corrected chi connectivity index (χ1v) is 9.46. The zero-order valence-corrected chi connectivity index (χ0v) is 16.5. The van der Waals surface area contributed by atoms with Crippen molar-refractivity contribution in [3.63, 3.8) is 0 Å². The largest absolute Gasteiger partial charge is 0.507 e. The van der Waals surface area contributed by atoms with E-state index in [1.165, 1.54) is 0 Å². The number of aliphatic hydroxyl groups excluding tert-OH is 1. The van der Waals surface area contributed by atoms with Crippen LogP contribution in [0.5, 0.6) is 11.5 Å². The summed E-state index contributed by atoms with van der Waals surface area (Å²) in [6, 6.07) is 17.7. The minimum Gasteiger partial charge on any atom is -0.507 e. The molecule has 1 amide bonds. The Hall–Kier alpha value is -3.25. The van der Waals surface area contributed by atoms with Gasteiger partial charge in [0.15, 0.2) is 0 Å². The van der Waals surface area contributed by atoms with Crippen molar-refractivity contribution < 1.29 is 24.5 Å². The van der Waals surface area contributed by atoms with E-state index in [4.69, 9.17) is 9.47 Å². The van der Waals surface area contributed by atoms with E-state index in [0.29, 0.717) is 23.2 Å². The quantitative estimate of drug-likeness (QED) is 0.532. The van der Waals surface area contributed by atoms with E-state index in [2.05, 4.69) is 5.32 Å². The highest BCUT2D eigenvalue weighted by Gasteiger charge is 2.26. The molecule has 0 saturated carbocycles. The van der Waals surface area contributed by atoms with E-state index >= 15 is 0 Å². The Balaban J connectivity index is 1.88. The molecule has 152 valence electrons. The number of fused-ring (bicyclic) bond motifs is 1. The van der Waals surface area contributed by atoms with Crippen LogP contribution in [0.4, 0.5) is 10.5 Å². The predicted octanol–water partition coefficient (Wildman–Crippen LogP) is 4.86. The van der Waals surface area contributed by atoms with Crippen molar-refractivity contribution in [1.82, 2.24) is 0 Å². The highest BCUT2D eigenvalue weighted by Crippen LogP contribution is 2.36. The maximum Gasteiger partial charge on any atom is 0.412 e. The van der Waals surface area contributed by atoms with Crippen molar-refractivity contribution in [2.75, 3.05) is 19.0 Å². The van der Waals surface area contributed by atoms with Gasteiger partial charge in [-0.2, -0.15) is 0 Å².